The van der Waals surface area contributed by atoms with Gasteiger partial charge in [0.05, 0.1) is 12.8 Å². The molecule has 0 bridgehead atoms. The van der Waals surface area contributed by atoms with Crippen LogP contribution in [0.3, 0.4) is 0 Å². The number of methoxy groups -OCH3 is 1. The molecule has 1 aromatic heterocycles. The molecule has 5 nitrogen and oxygen atoms in total. The van der Waals surface area contributed by atoms with Crippen molar-refractivity contribution in [3.63, 3.8) is 0 Å². The Morgan fingerprint density at radius 3 is 2.72 bits per heavy atom. The Hall–Kier alpha value is -2.45. The van der Waals surface area contributed by atoms with Gasteiger partial charge in [0.25, 0.3) is 0 Å². The van der Waals surface area contributed by atoms with Gasteiger partial charge in [-0.1, -0.05) is 12.1 Å². The lowest BCUT2D eigenvalue weighted by atomic mass is 10.1. The molecule has 0 N–H and O–H groups in total. The molecule has 0 amide bonds. The molecule has 132 valence electrons. The third-order valence-corrected chi connectivity index (χ3v) is 4.99. The van der Waals surface area contributed by atoms with E-state index in [1.807, 2.05) is 22.8 Å². The molecule has 0 saturated carbocycles. The van der Waals surface area contributed by atoms with Gasteiger partial charge in [-0.2, -0.15) is 5.26 Å². The second-order valence-corrected chi connectivity index (χ2v) is 6.57. The molecule has 1 atom stereocenters. The van der Waals surface area contributed by atoms with Crippen LogP contribution in [0, 0.1) is 11.3 Å². The molecule has 2 heterocycles. The molecule has 0 spiro atoms. The van der Waals surface area contributed by atoms with E-state index >= 15 is 0 Å². The summed E-state index contributed by atoms with van der Waals surface area (Å²) in [5.74, 6) is 0.932. The van der Waals surface area contributed by atoms with Crippen LogP contribution >= 0.6 is 0 Å². The van der Waals surface area contributed by atoms with Gasteiger partial charge in [0.1, 0.15) is 17.5 Å². The number of rotatable bonds is 5. The van der Waals surface area contributed by atoms with Crippen molar-refractivity contribution in [3.05, 3.63) is 47.8 Å². The third-order valence-electron chi connectivity index (χ3n) is 4.99. The molecule has 3 rings (SSSR count). The number of anilines is 1. The molecule has 0 aliphatic carbocycles. The summed E-state index contributed by atoms with van der Waals surface area (Å²) in [7, 11) is 1.73. The monoisotopic (exact) mass is 338 g/mol. The van der Waals surface area contributed by atoms with Gasteiger partial charge in [-0.15, -0.1) is 0 Å². The van der Waals surface area contributed by atoms with Gasteiger partial charge < -0.3 is 14.2 Å². The number of nitriles is 1. The lowest BCUT2D eigenvalue weighted by Gasteiger charge is -2.41. The standard InChI is InChI=1S/C20H26N4O/c1-4-22-14-17(11-18(22)12-21)15-23-9-10-24(13-16(23)2)19-7-5-6-8-20(19)25-3/h5-8,11,14,16H,4,9-10,13,15H2,1-3H3/t16-/m1/s1. The largest absolute Gasteiger partial charge is 0.495 e. The predicted molar refractivity (Wildman–Crippen MR) is 99.9 cm³/mol. The van der Waals surface area contributed by atoms with E-state index < -0.39 is 0 Å². The van der Waals surface area contributed by atoms with Gasteiger partial charge in [0, 0.05) is 45.0 Å². The predicted octanol–water partition coefficient (Wildman–Crippen LogP) is 3.10. The second kappa shape index (κ2) is 7.62. The van der Waals surface area contributed by atoms with Crippen LogP contribution in [0.15, 0.2) is 36.5 Å². The smallest absolute Gasteiger partial charge is 0.142 e. The Bertz CT molecular complexity index is 761. The number of piperazine rings is 1. The van der Waals surface area contributed by atoms with Crippen LogP contribution in [0.1, 0.15) is 25.1 Å². The Balaban J connectivity index is 1.68. The molecule has 1 fully saturated rings. The van der Waals surface area contributed by atoms with Crippen molar-refractivity contribution in [1.82, 2.24) is 9.47 Å². The SMILES string of the molecule is CCn1cc(CN2CCN(c3ccccc3OC)C[C@H]2C)cc1C#N. The Labute approximate surface area is 150 Å². The fourth-order valence-electron chi connectivity index (χ4n) is 3.58. The molecule has 5 heteroatoms. The maximum atomic E-state index is 9.23. The van der Waals surface area contributed by atoms with Crippen LogP contribution in [-0.4, -0.2) is 42.3 Å². The molecule has 1 aromatic carbocycles. The van der Waals surface area contributed by atoms with E-state index in [2.05, 4.69) is 48.0 Å². The molecule has 1 aliphatic heterocycles. The topological polar surface area (TPSA) is 44.4 Å². The molecule has 2 aromatic rings. The van der Waals surface area contributed by atoms with Crippen molar-refractivity contribution in [3.8, 4) is 11.8 Å². The first-order valence-electron chi connectivity index (χ1n) is 8.87. The van der Waals surface area contributed by atoms with Gasteiger partial charge in [0.2, 0.25) is 0 Å². The number of ether oxygens (including phenoxy) is 1. The van der Waals surface area contributed by atoms with E-state index in [0.717, 1.165) is 44.2 Å². The zero-order chi connectivity index (χ0) is 17.8. The maximum absolute atomic E-state index is 9.23. The van der Waals surface area contributed by atoms with Crippen molar-refractivity contribution in [2.75, 3.05) is 31.6 Å². The number of benzene rings is 1. The number of para-hydroxylation sites is 2. The van der Waals surface area contributed by atoms with Crippen molar-refractivity contribution < 1.29 is 4.74 Å². The quantitative estimate of drug-likeness (QED) is 0.840. The highest BCUT2D eigenvalue weighted by Gasteiger charge is 2.25. The number of aryl methyl sites for hydroxylation is 1. The lowest BCUT2D eigenvalue weighted by molar-refractivity contribution is 0.180. The summed E-state index contributed by atoms with van der Waals surface area (Å²) in [4.78, 5) is 4.89. The van der Waals surface area contributed by atoms with Gasteiger partial charge >= 0.3 is 0 Å². The van der Waals surface area contributed by atoms with Crippen LogP contribution in [-0.2, 0) is 13.1 Å². The van der Waals surface area contributed by atoms with E-state index in [9.17, 15) is 5.26 Å². The van der Waals surface area contributed by atoms with E-state index in [1.165, 1.54) is 11.3 Å². The number of aromatic nitrogens is 1. The summed E-state index contributed by atoms with van der Waals surface area (Å²) in [5, 5.41) is 9.23. The van der Waals surface area contributed by atoms with Crippen molar-refractivity contribution in [2.24, 2.45) is 0 Å². The summed E-state index contributed by atoms with van der Waals surface area (Å²) in [6.45, 7) is 9.01. The van der Waals surface area contributed by atoms with Gasteiger partial charge in [-0.05, 0) is 37.6 Å². The molecular formula is C20H26N4O. The van der Waals surface area contributed by atoms with Crippen LogP contribution in [0.5, 0.6) is 5.75 Å². The summed E-state index contributed by atoms with van der Waals surface area (Å²) in [5.41, 5.74) is 3.13. The summed E-state index contributed by atoms with van der Waals surface area (Å²) in [6.07, 6.45) is 2.11. The number of nitrogens with zero attached hydrogens (tertiary/aromatic N) is 4. The fourth-order valence-corrected chi connectivity index (χ4v) is 3.58. The normalized spacial score (nSPS) is 18.2. The van der Waals surface area contributed by atoms with Crippen LogP contribution < -0.4 is 9.64 Å². The third kappa shape index (κ3) is 3.64. The first kappa shape index (κ1) is 17.4. The highest BCUT2D eigenvalue weighted by atomic mass is 16.5. The minimum atomic E-state index is 0.439. The Morgan fingerprint density at radius 1 is 1.28 bits per heavy atom. The number of hydrogen-bond donors (Lipinski definition) is 0. The molecule has 0 unspecified atom stereocenters. The summed E-state index contributed by atoms with van der Waals surface area (Å²) in [6, 6.07) is 12.9. The molecule has 1 saturated heterocycles. The van der Waals surface area contributed by atoms with Gasteiger partial charge in [-0.25, -0.2) is 0 Å². The van der Waals surface area contributed by atoms with Gasteiger partial charge in [0.15, 0.2) is 0 Å². The average Bonchev–Trinajstić information content (AvgIpc) is 3.05. The van der Waals surface area contributed by atoms with Crippen LogP contribution in [0.4, 0.5) is 5.69 Å². The fraction of sp³-hybridized carbons (Fsp3) is 0.450. The zero-order valence-electron chi connectivity index (χ0n) is 15.3. The minimum Gasteiger partial charge on any atom is -0.495 e. The summed E-state index contributed by atoms with van der Waals surface area (Å²) < 4.78 is 7.53. The zero-order valence-corrected chi connectivity index (χ0v) is 15.3. The molecular weight excluding hydrogens is 312 g/mol. The molecule has 25 heavy (non-hydrogen) atoms. The van der Waals surface area contributed by atoms with Gasteiger partial charge in [-0.3, -0.25) is 4.90 Å². The minimum absolute atomic E-state index is 0.439. The Kier molecular flexibility index (Phi) is 5.30. The molecule has 0 radical (unpaired) electrons. The number of hydrogen-bond acceptors (Lipinski definition) is 4. The van der Waals surface area contributed by atoms with Crippen molar-refractivity contribution in [1.29, 1.82) is 5.26 Å². The van der Waals surface area contributed by atoms with E-state index in [1.54, 1.807) is 7.11 Å². The summed E-state index contributed by atoms with van der Waals surface area (Å²) >= 11 is 0. The highest BCUT2D eigenvalue weighted by Crippen LogP contribution is 2.29. The molecule has 1 aliphatic rings. The first-order valence-corrected chi connectivity index (χ1v) is 8.87. The average molecular weight is 338 g/mol. The first-order chi connectivity index (χ1) is 12.2. The lowest BCUT2D eigenvalue weighted by Crippen LogP contribution is -2.51. The van der Waals surface area contributed by atoms with E-state index in [4.69, 9.17) is 4.74 Å². The second-order valence-electron chi connectivity index (χ2n) is 6.57. The highest BCUT2D eigenvalue weighted by molar-refractivity contribution is 5.58. The maximum Gasteiger partial charge on any atom is 0.142 e. The Morgan fingerprint density at radius 2 is 2.08 bits per heavy atom. The van der Waals surface area contributed by atoms with E-state index in [0.29, 0.717) is 6.04 Å². The van der Waals surface area contributed by atoms with Crippen LogP contribution in [0.2, 0.25) is 0 Å². The van der Waals surface area contributed by atoms with Crippen molar-refractivity contribution in [2.45, 2.75) is 33.0 Å². The van der Waals surface area contributed by atoms with Crippen LogP contribution in [0.25, 0.3) is 0 Å². The van der Waals surface area contributed by atoms with Crippen molar-refractivity contribution >= 4 is 5.69 Å². The van der Waals surface area contributed by atoms with E-state index in [-0.39, 0.29) is 0 Å².